The summed E-state index contributed by atoms with van der Waals surface area (Å²) in [5, 5.41) is 5.37. The fourth-order valence-electron chi connectivity index (χ4n) is 1.91. The van der Waals surface area contributed by atoms with Gasteiger partial charge in [-0.25, -0.2) is 9.37 Å². The molecule has 1 N–H and O–H groups in total. The van der Waals surface area contributed by atoms with Crippen molar-refractivity contribution in [1.29, 1.82) is 0 Å². The Morgan fingerprint density at radius 1 is 1.05 bits per heavy atom. The van der Waals surface area contributed by atoms with Gasteiger partial charge < -0.3 is 10.1 Å². The van der Waals surface area contributed by atoms with Gasteiger partial charge in [0.15, 0.2) is 0 Å². The smallest absolute Gasteiger partial charge is 0.228 e. The summed E-state index contributed by atoms with van der Waals surface area (Å²) in [4.78, 5) is 8.23. The maximum absolute atomic E-state index is 12.0. The topological polar surface area (TPSA) is 47.0 Å². The molecule has 0 unspecified atom stereocenters. The first-order chi connectivity index (χ1) is 9.85. The fraction of sp³-hybridized carbons (Fsp3) is 0.0667. The van der Waals surface area contributed by atoms with Crippen LogP contribution >= 0.6 is 0 Å². The quantitative estimate of drug-likeness (QED) is 0.784. The van der Waals surface area contributed by atoms with Crippen molar-refractivity contribution in [3.05, 3.63) is 55.0 Å². The Morgan fingerprint density at radius 3 is 2.80 bits per heavy atom. The molecule has 20 heavy (non-hydrogen) atoms. The van der Waals surface area contributed by atoms with Crippen LogP contribution < -0.4 is 10.1 Å². The number of benzene rings is 1. The molecule has 0 saturated carbocycles. The third-order valence-electron chi connectivity index (χ3n) is 2.87. The van der Waals surface area contributed by atoms with Gasteiger partial charge >= 0.3 is 0 Å². The van der Waals surface area contributed by atoms with Gasteiger partial charge in [0.25, 0.3) is 0 Å². The zero-order chi connectivity index (χ0) is 13.8. The average Bonchev–Trinajstić information content (AvgIpc) is 2.49. The predicted octanol–water partition coefficient (Wildman–Crippen LogP) is 3.68. The summed E-state index contributed by atoms with van der Waals surface area (Å²) < 4.78 is 16.7. The summed E-state index contributed by atoms with van der Waals surface area (Å²) in [5.41, 5.74) is 0.926. The first-order valence-corrected chi connectivity index (χ1v) is 6.11. The van der Waals surface area contributed by atoms with Crippen LogP contribution in [0.3, 0.4) is 0 Å². The Kier molecular flexibility index (Phi) is 3.41. The van der Waals surface area contributed by atoms with E-state index < -0.39 is 6.86 Å². The Bertz CT molecular complexity index is 716. The minimum Gasteiger partial charge on any atom is -0.461 e. The normalized spacial score (nSPS) is 10.4. The molecule has 0 fully saturated rings. The van der Waals surface area contributed by atoms with E-state index in [4.69, 9.17) is 4.74 Å². The zero-order valence-corrected chi connectivity index (χ0v) is 10.6. The first-order valence-electron chi connectivity index (χ1n) is 6.11. The number of nitrogens with one attached hydrogen (secondary N) is 1. The van der Waals surface area contributed by atoms with Gasteiger partial charge in [0.1, 0.15) is 11.6 Å². The van der Waals surface area contributed by atoms with Gasteiger partial charge in [0, 0.05) is 23.5 Å². The highest BCUT2D eigenvalue weighted by atomic mass is 19.1. The molecule has 0 aliphatic carbocycles. The van der Waals surface area contributed by atoms with E-state index in [9.17, 15) is 4.39 Å². The Hall–Kier alpha value is -2.69. The number of aromatic nitrogens is 2. The van der Waals surface area contributed by atoms with Crippen molar-refractivity contribution in [2.75, 3.05) is 12.2 Å². The SMILES string of the molecule is FCOc1ccc(Nc2ccc3cnccc3c2)nc1. The van der Waals surface area contributed by atoms with Crippen LogP contribution in [-0.4, -0.2) is 16.8 Å². The minimum absolute atomic E-state index is 0.405. The molecule has 0 saturated heterocycles. The van der Waals surface area contributed by atoms with Crippen LogP contribution in [0.2, 0.25) is 0 Å². The molecule has 0 bridgehead atoms. The van der Waals surface area contributed by atoms with Crippen molar-refractivity contribution in [3.63, 3.8) is 0 Å². The number of fused-ring (bicyclic) bond motifs is 1. The molecule has 5 heteroatoms. The zero-order valence-electron chi connectivity index (χ0n) is 10.6. The second-order valence-corrected chi connectivity index (χ2v) is 4.20. The summed E-state index contributed by atoms with van der Waals surface area (Å²) in [6, 6.07) is 11.3. The number of anilines is 2. The molecule has 4 nitrogen and oxygen atoms in total. The van der Waals surface area contributed by atoms with Crippen LogP contribution in [0, 0.1) is 0 Å². The molecule has 2 aromatic heterocycles. The number of hydrogen-bond acceptors (Lipinski definition) is 4. The van der Waals surface area contributed by atoms with Crippen molar-refractivity contribution in [2.45, 2.75) is 0 Å². The molecule has 0 atom stereocenters. The Balaban J connectivity index is 1.81. The van der Waals surface area contributed by atoms with E-state index in [1.165, 1.54) is 6.20 Å². The van der Waals surface area contributed by atoms with Gasteiger partial charge in [-0.1, -0.05) is 6.07 Å². The summed E-state index contributed by atoms with van der Waals surface area (Å²) in [6.07, 6.45) is 5.06. The molecular weight excluding hydrogens is 257 g/mol. The number of nitrogens with zero attached hydrogens (tertiary/aromatic N) is 2. The highest BCUT2D eigenvalue weighted by Crippen LogP contribution is 2.21. The number of hydrogen-bond donors (Lipinski definition) is 1. The molecule has 3 aromatic rings. The monoisotopic (exact) mass is 269 g/mol. The van der Waals surface area contributed by atoms with Gasteiger partial charge in [0.2, 0.25) is 6.86 Å². The largest absolute Gasteiger partial charge is 0.461 e. The van der Waals surface area contributed by atoms with Gasteiger partial charge in [-0.2, -0.15) is 0 Å². The maximum atomic E-state index is 12.0. The maximum Gasteiger partial charge on any atom is 0.228 e. The van der Waals surface area contributed by atoms with Gasteiger partial charge in [-0.15, -0.1) is 0 Å². The van der Waals surface area contributed by atoms with E-state index in [1.54, 1.807) is 18.3 Å². The van der Waals surface area contributed by atoms with Gasteiger partial charge in [0.05, 0.1) is 6.20 Å². The molecule has 2 heterocycles. The Morgan fingerprint density at radius 2 is 2.00 bits per heavy atom. The number of halogens is 1. The minimum atomic E-state index is -0.854. The van der Waals surface area contributed by atoms with Crippen LogP contribution in [0.5, 0.6) is 5.75 Å². The second kappa shape index (κ2) is 5.52. The van der Waals surface area contributed by atoms with E-state index in [1.807, 2.05) is 30.5 Å². The summed E-state index contributed by atoms with van der Waals surface area (Å²) in [6.45, 7) is -0.854. The molecule has 0 amide bonds. The molecule has 0 aliphatic heterocycles. The summed E-state index contributed by atoms with van der Waals surface area (Å²) in [5.74, 6) is 1.08. The lowest BCUT2D eigenvalue weighted by Gasteiger charge is -2.07. The molecule has 1 aromatic carbocycles. The molecule has 100 valence electrons. The number of ether oxygens (including phenoxy) is 1. The molecule has 0 radical (unpaired) electrons. The van der Waals surface area contributed by atoms with Crippen LogP contribution in [0.4, 0.5) is 15.9 Å². The molecule has 3 rings (SSSR count). The third kappa shape index (κ3) is 2.66. The van der Waals surface area contributed by atoms with Crippen molar-refractivity contribution in [1.82, 2.24) is 9.97 Å². The molecular formula is C15H12FN3O. The third-order valence-corrected chi connectivity index (χ3v) is 2.87. The summed E-state index contributed by atoms with van der Waals surface area (Å²) >= 11 is 0. The highest BCUT2D eigenvalue weighted by Gasteiger charge is 1.99. The number of pyridine rings is 2. The van der Waals surface area contributed by atoms with Crippen molar-refractivity contribution in [2.24, 2.45) is 0 Å². The van der Waals surface area contributed by atoms with Gasteiger partial charge in [-0.05, 0) is 35.7 Å². The molecule has 0 aliphatic rings. The van der Waals surface area contributed by atoms with E-state index >= 15 is 0 Å². The van der Waals surface area contributed by atoms with Crippen LogP contribution in [0.25, 0.3) is 10.8 Å². The van der Waals surface area contributed by atoms with Gasteiger partial charge in [-0.3, -0.25) is 4.98 Å². The van der Waals surface area contributed by atoms with E-state index in [0.717, 1.165) is 16.5 Å². The van der Waals surface area contributed by atoms with E-state index in [0.29, 0.717) is 11.6 Å². The lowest BCUT2D eigenvalue weighted by atomic mass is 10.1. The van der Waals surface area contributed by atoms with Crippen LogP contribution in [-0.2, 0) is 0 Å². The van der Waals surface area contributed by atoms with E-state index in [2.05, 4.69) is 15.3 Å². The number of alkyl halides is 1. The first kappa shape index (κ1) is 12.3. The number of rotatable bonds is 4. The van der Waals surface area contributed by atoms with Crippen molar-refractivity contribution < 1.29 is 9.13 Å². The lowest BCUT2D eigenvalue weighted by Crippen LogP contribution is -1.95. The standard InChI is InChI=1S/C15H12FN3O/c16-10-20-14-3-4-15(18-9-14)19-13-2-1-12-8-17-6-5-11(12)7-13/h1-9H,10H2,(H,18,19). The van der Waals surface area contributed by atoms with Crippen molar-refractivity contribution in [3.8, 4) is 5.75 Å². The predicted molar refractivity (Wildman–Crippen MR) is 75.9 cm³/mol. The second-order valence-electron chi connectivity index (χ2n) is 4.20. The van der Waals surface area contributed by atoms with Crippen LogP contribution in [0.15, 0.2) is 55.0 Å². The average molecular weight is 269 g/mol. The van der Waals surface area contributed by atoms with Crippen LogP contribution in [0.1, 0.15) is 0 Å². The highest BCUT2D eigenvalue weighted by molar-refractivity contribution is 5.85. The Labute approximate surface area is 115 Å². The van der Waals surface area contributed by atoms with Crippen molar-refractivity contribution >= 4 is 22.3 Å². The van der Waals surface area contributed by atoms with E-state index in [-0.39, 0.29) is 0 Å². The lowest BCUT2D eigenvalue weighted by molar-refractivity contribution is 0.191. The fourth-order valence-corrected chi connectivity index (χ4v) is 1.91. The summed E-state index contributed by atoms with van der Waals surface area (Å²) in [7, 11) is 0. The molecule has 0 spiro atoms.